The molecule has 2 rings (SSSR count). The van der Waals surface area contributed by atoms with E-state index < -0.39 is 0 Å². The Morgan fingerprint density at radius 3 is 2.64 bits per heavy atom. The second-order valence-electron chi connectivity index (χ2n) is 3.75. The lowest BCUT2D eigenvalue weighted by Crippen LogP contribution is -2.22. The minimum Gasteiger partial charge on any atom is -0.0882 e. The van der Waals surface area contributed by atoms with Gasteiger partial charge in [-0.05, 0) is 30.6 Å². The van der Waals surface area contributed by atoms with E-state index in [1.165, 1.54) is 19.3 Å². The van der Waals surface area contributed by atoms with Gasteiger partial charge < -0.3 is 0 Å². The number of allylic oxidation sites excluding steroid dienone is 4. The van der Waals surface area contributed by atoms with E-state index in [1.807, 2.05) is 0 Å². The van der Waals surface area contributed by atoms with Crippen molar-refractivity contribution in [2.45, 2.75) is 26.2 Å². The van der Waals surface area contributed by atoms with Crippen LogP contribution in [-0.2, 0) is 0 Å². The van der Waals surface area contributed by atoms with Gasteiger partial charge in [0.05, 0.1) is 0 Å². The molecule has 0 aliphatic heterocycles. The molecule has 2 aliphatic rings. The van der Waals surface area contributed by atoms with Crippen molar-refractivity contribution in [3.8, 4) is 0 Å². The van der Waals surface area contributed by atoms with Gasteiger partial charge in [0.15, 0.2) is 0 Å². The summed E-state index contributed by atoms with van der Waals surface area (Å²) < 4.78 is 0. The largest absolute Gasteiger partial charge is 0.0882 e. The molecule has 0 aromatic carbocycles. The molecule has 0 heterocycles. The van der Waals surface area contributed by atoms with Crippen LogP contribution in [0.25, 0.3) is 0 Å². The van der Waals surface area contributed by atoms with Crippen LogP contribution in [0.1, 0.15) is 26.2 Å². The Labute approximate surface area is 70.0 Å². The van der Waals surface area contributed by atoms with Crippen LogP contribution >= 0.6 is 0 Å². The van der Waals surface area contributed by atoms with E-state index in [4.69, 9.17) is 0 Å². The summed E-state index contributed by atoms with van der Waals surface area (Å²) in [5.41, 5.74) is 0.523. The van der Waals surface area contributed by atoms with Crippen molar-refractivity contribution < 1.29 is 0 Å². The first kappa shape index (κ1) is 8.58. The molecule has 2 radical (unpaired) electrons. The van der Waals surface area contributed by atoms with Gasteiger partial charge in [-0.2, -0.15) is 0 Å². The Balaban J connectivity index is 0.000000605. The standard InChI is InChI=1S/C10H14.CH2/c1-10-7-3-2-5-9(10)6-4-8-10;/h2-4,8-9H,5-7H2,1H3;1H2. The minimum atomic E-state index is 0. The van der Waals surface area contributed by atoms with Gasteiger partial charge in [-0.15, -0.1) is 0 Å². The van der Waals surface area contributed by atoms with Crippen molar-refractivity contribution in [1.82, 2.24) is 0 Å². The minimum absolute atomic E-state index is 0. The molecule has 0 fully saturated rings. The van der Waals surface area contributed by atoms with Crippen LogP contribution in [0, 0.1) is 18.8 Å². The van der Waals surface area contributed by atoms with Crippen molar-refractivity contribution in [2.24, 2.45) is 11.3 Å². The summed E-state index contributed by atoms with van der Waals surface area (Å²) in [7, 11) is 0. The summed E-state index contributed by atoms with van der Waals surface area (Å²) in [6.07, 6.45) is 13.3. The van der Waals surface area contributed by atoms with Gasteiger partial charge in [0.1, 0.15) is 0 Å². The molecule has 0 saturated heterocycles. The highest BCUT2D eigenvalue weighted by molar-refractivity contribution is 5.15. The molecule has 0 N–H and O–H groups in total. The van der Waals surface area contributed by atoms with Crippen LogP contribution in [0.4, 0.5) is 0 Å². The van der Waals surface area contributed by atoms with E-state index in [2.05, 4.69) is 31.2 Å². The maximum Gasteiger partial charge on any atom is -0.00779 e. The highest BCUT2D eigenvalue weighted by Gasteiger charge is 2.34. The summed E-state index contributed by atoms with van der Waals surface area (Å²) in [4.78, 5) is 0. The number of hydrogen-bond donors (Lipinski definition) is 0. The fourth-order valence-electron chi connectivity index (χ4n) is 2.10. The predicted molar refractivity (Wildman–Crippen MR) is 49.1 cm³/mol. The zero-order valence-electron chi connectivity index (χ0n) is 7.22. The summed E-state index contributed by atoms with van der Waals surface area (Å²) in [5.74, 6) is 0.914. The van der Waals surface area contributed by atoms with E-state index in [-0.39, 0.29) is 7.43 Å². The van der Waals surface area contributed by atoms with Crippen LogP contribution in [0.2, 0.25) is 0 Å². The van der Waals surface area contributed by atoms with Crippen molar-refractivity contribution >= 4 is 0 Å². The van der Waals surface area contributed by atoms with Gasteiger partial charge in [-0.1, -0.05) is 38.7 Å². The number of rotatable bonds is 0. The molecule has 0 nitrogen and oxygen atoms in total. The highest BCUT2D eigenvalue weighted by Crippen LogP contribution is 2.45. The molecule has 60 valence electrons. The lowest BCUT2D eigenvalue weighted by atomic mass is 9.73. The molecule has 11 heavy (non-hydrogen) atoms. The highest BCUT2D eigenvalue weighted by atomic mass is 14.4. The fraction of sp³-hybridized carbons (Fsp3) is 0.545. The van der Waals surface area contributed by atoms with E-state index in [9.17, 15) is 0 Å². The van der Waals surface area contributed by atoms with Gasteiger partial charge in [-0.25, -0.2) is 0 Å². The summed E-state index contributed by atoms with van der Waals surface area (Å²) in [6, 6.07) is 0. The Morgan fingerprint density at radius 2 is 1.91 bits per heavy atom. The van der Waals surface area contributed by atoms with Gasteiger partial charge in [0.2, 0.25) is 0 Å². The average Bonchev–Trinajstić information content (AvgIpc) is 2.29. The average molecular weight is 148 g/mol. The van der Waals surface area contributed by atoms with Crippen molar-refractivity contribution in [3.63, 3.8) is 0 Å². The lowest BCUT2D eigenvalue weighted by molar-refractivity contribution is 0.271. The molecule has 0 aromatic heterocycles. The fourth-order valence-corrected chi connectivity index (χ4v) is 2.10. The van der Waals surface area contributed by atoms with Gasteiger partial charge in [0, 0.05) is 0 Å². The number of hydrogen-bond acceptors (Lipinski definition) is 0. The predicted octanol–water partition coefficient (Wildman–Crippen LogP) is 3.25. The Hall–Kier alpha value is -0.520. The molecule has 0 saturated carbocycles. The number of fused-ring (bicyclic) bond motifs is 1. The first-order valence-corrected chi connectivity index (χ1v) is 4.14. The van der Waals surface area contributed by atoms with Crippen LogP contribution in [0.3, 0.4) is 0 Å². The Kier molecular flexibility index (Phi) is 2.22. The molecule has 2 atom stereocenters. The Morgan fingerprint density at radius 1 is 1.18 bits per heavy atom. The molecule has 0 spiro atoms. The van der Waals surface area contributed by atoms with E-state index >= 15 is 0 Å². The van der Waals surface area contributed by atoms with Crippen molar-refractivity contribution in [1.29, 1.82) is 0 Å². The third-order valence-corrected chi connectivity index (χ3v) is 3.00. The van der Waals surface area contributed by atoms with Crippen molar-refractivity contribution in [3.05, 3.63) is 31.7 Å². The quantitative estimate of drug-likeness (QED) is 0.463. The Bertz CT molecular complexity index is 188. The molecule has 0 amide bonds. The van der Waals surface area contributed by atoms with Crippen molar-refractivity contribution in [2.75, 3.05) is 0 Å². The monoisotopic (exact) mass is 148 g/mol. The lowest BCUT2D eigenvalue weighted by Gasteiger charge is -2.31. The van der Waals surface area contributed by atoms with Crippen LogP contribution in [0.5, 0.6) is 0 Å². The zero-order chi connectivity index (χ0) is 7.03. The normalized spacial score (nSPS) is 39.9. The van der Waals surface area contributed by atoms with Gasteiger partial charge in [-0.3, -0.25) is 0 Å². The smallest absolute Gasteiger partial charge is 0.00779 e. The molecule has 2 aliphatic carbocycles. The molecule has 2 unspecified atom stereocenters. The molecule has 0 bridgehead atoms. The summed E-state index contributed by atoms with van der Waals surface area (Å²) in [6.45, 7) is 2.38. The molecular formula is C11H16. The molecule has 0 heteroatoms. The van der Waals surface area contributed by atoms with Gasteiger partial charge in [0.25, 0.3) is 0 Å². The zero-order valence-corrected chi connectivity index (χ0v) is 7.22. The third kappa shape index (κ3) is 1.26. The second-order valence-corrected chi connectivity index (χ2v) is 3.75. The van der Waals surface area contributed by atoms with E-state index in [1.54, 1.807) is 0 Å². The van der Waals surface area contributed by atoms with Crippen LogP contribution in [0.15, 0.2) is 24.3 Å². The third-order valence-electron chi connectivity index (χ3n) is 3.00. The maximum absolute atomic E-state index is 2.40. The maximum atomic E-state index is 2.40. The van der Waals surface area contributed by atoms with Crippen LogP contribution < -0.4 is 0 Å². The van der Waals surface area contributed by atoms with E-state index in [0.717, 1.165) is 5.92 Å². The SMILES string of the molecule is CC12C=CCC1CC=CC2.[CH2]. The first-order valence-electron chi connectivity index (χ1n) is 4.14. The topological polar surface area (TPSA) is 0 Å². The summed E-state index contributed by atoms with van der Waals surface area (Å²) in [5, 5.41) is 0. The first-order chi connectivity index (χ1) is 4.81. The second kappa shape index (κ2) is 2.84. The summed E-state index contributed by atoms with van der Waals surface area (Å²) >= 11 is 0. The van der Waals surface area contributed by atoms with Crippen LogP contribution in [-0.4, -0.2) is 0 Å². The van der Waals surface area contributed by atoms with E-state index in [0.29, 0.717) is 5.41 Å². The molecule has 0 aromatic rings. The molecular weight excluding hydrogens is 132 g/mol. The van der Waals surface area contributed by atoms with Gasteiger partial charge >= 0.3 is 0 Å².